The molecule has 5 nitrogen and oxygen atoms in total. The van der Waals surface area contributed by atoms with Crippen LogP contribution < -0.4 is 10.6 Å². The Kier molecular flexibility index (Phi) is 4.80. The van der Waals surface area contributed by atoms with Crippen molar-refractivity contribution in [2.24, 2.45) is 5.73 Å². The largest absolute Gasteiger partial charge is 0.467 e. The zero-order valence-electron chi connectivity index (χ0n) is 11.0. The highest BCUT2D eigenvalue weighted by atomic mass is 35.5. The van der Waals surface area contributed by atoms with Crippen LogP contribution in [0.15, 0.2) is 18.2 Å². The van der Waals surface area contributed by atoms with Gasteiger partial charge >= 0.3 is 5.97 Å². The molecule has 0 spiro atoms. The zero-order chi connectivity index (χ0) is 14.7. The Morgan fingerprint density at radius 1 is 1.60 bits per heavy atom. The average Bonchev–Trinajstić information content (AvgIpc) is 2.46. The summed E-state index contributed by atoms with van der Waals surface area (Å²) in [7, 11) is 1.36. The van der Waals surface area contributed by atoms with Crippen LogP contribution in [-0.4, -0.2) is 43.9 Å². The molecule has 0 radical (unpaired) electrons. The first-order valence-corrected chi connectivity index (χ1v) is 6.84. The summed E-state index contributed by atoms with van der Waals surface area (Å²) >= 11 is 11.1. The third-order valence-corrected chi connectivity index (χ3v) is 3.68. The number of methoxy groups -OCH3 is 1. The highest BCUT2D eigenvalue weighted by Gasteiger charge is 2.30. The van der Waals surface area contributed by atoms with Crippen LogP contribution in [0, 0.1) is 0 Å². The molecule has 0 aromatic heterocycles. The van der Waals surface area contributed by atoms with Crippen LogP contribution in [0.25, 0.3) is 0 Å². The summed E-state index contributed by atoms with van der Waals surface area (Å²) < 4.78 is 10.1. The first kappa shape index (κ1) is 15.0. The van der Waals surface area contributed by atoms with Gasteiger partial charge in [-0.1, -0.05) is 23.8 Å². The average molecular weight is 315 g/mol. The lowest BCUT2D eigenvalue weighted by molar-refractivity contribution is -0.144. The van der Waals surface area contributed by atoms with Crippen LogP contribution in [0.4, 0.5) is 5.69 Å². The number of morpholine rings is 1. The summed E-state index contributed by atoms with van der Waals surface area (Å²) in [4.78, 5) is 13.9. The van der Waals surface area contributed by atoms with Crippen LogP contribution in [0.1, 0.15) is 5.56 Å². The summed E-state index contributed by atoms with van der Waals surface area (Å²) in [6.45, 7) is 1.42. The van der Waals surface area contributed by atoms with Crippen molar-refractivity contribution in [3.63, 3.8) is 0 Å². The minimum Gasteiger partial charge on any atom is -0.467 e. The number of esters is 1. The number of ether oxygens (including phenoxy) is 2. The summed E-state index contributed by atoms with van der Waals surface area (Å²) in [6, 6.07) is 4.86. The maximum atomic E-state index is 11.8. The van der Waals surface area contributed by atoms with Crippen molar-refractivity contribution in [2.45, 2.75) is 6.04 Å². The highest BCUT2D eigenvalue weighted by Crippen LogP contribution is 2.26. The van der Waals surface area contributed by atoms with Crippen molar-refractivity contribution < 1.29 is 14.3 Å². The van der Waals surface area contributed by atoms with Gasteiger partial charge in [0, 0.05) is 17.8 Å². The van der Waals surface area contributed by atoms with Crippen molar-refractivity contribution in [3.8, 4) is 0 Å². The number of nitrogens with zero attached hydrogens (tertiary/aromatic N) is 1. The lowest BCUT2D eigenvalue weighted by atomic mass is 10.1. The maximum Gasteiger partial charge on any atom is 0.330 e. The van der Waals surface area contributed by atoms with Gasteiger partial charge in [-0.2, -0.15) is 0 Å². The molecule has 0 bridgehead atoms. The van der Waals surface area contributed by atoms with Crippen LogP contribution in [-0.2, 0) is 14.3 Å². The van der Waals surface area contributed by atoms with Gasteiger partial charge in [0.2, 0.25) is 0 Å². The molecule has 1 aliphatic rings. The van der Waals surface area contributed by atoms with E-state index in [-0.39, 0.29) is 11.0 Å². The molecule has 2 N–H and O–H groups in total. The Labute approximate surface area is 127 Å². The molecule has 108 valence electrons. The second-order valence-corrected chi connectivity index (χ2v) is 5.18. The Morgan fingerprint density at radius 3 is 2.95 bits per heavy atom. The lowest BCUT2D eigenvalue weighted by Crippen LogP contribution is -2.50. The SMILES string of the molecule is COC(=O)C1COCCN1c1ccc(C(N)=S)c(Cl)c1. The maximum absolute atomic E-state index is 11.8. The van der Waals surface area contributed by atoms with Crippen molar-refractivity contribution >= 4 is 40.5 Å². The number of thiocarbonyl (C=S) groups is 1. The summed E-state index contributed by atoms with van der Waals surface area (Å²) in [5.41, 5.74) is 7.01. The van der Waals surface area contributed by atoms with Crippen LogP contribution in [0.2, 0.25) is 5.02 Å². The van der Waals surface area contributed by atoms with Gasteiger partial charge in [0.25, 0.3) is 0 Å². The quantitative estimate of drug-likeness (QED) is 0.671. The summed E-state index contributed by atoms with van der Waals surface area (Å²) in [5, 5.41) is 0.463. The molecule has 1 aromatic carbocycles. The number of carbonyl (C=O) groups is 1. The Morgan fingerprint density at radius 2 is 2.35 bits per heavy atom. The topological polar surface area (TPSA) is 64.8 Å². The molecular formula is C13H15ClN2O3S. The van der Waals surface area contributed by atoms with E-state index in [4.69, 9.17) is 39.0 Å². The van der Waals surface area contributed by atoms with Gasteiger partial charge < -0.3 is 20.1 Å². The molecule has 1 fully saturated rings. The van der Waals surface area contributed by atoms with Gasteiger partial charge in [0.05, 0.1) is 25.3 Å². The molecule has 0 saturated carbocycles. The molecule has 1 atom stereocenters. The second kappa shape index (κ2) is 6.39. The minimum atomic E-state index is -0.472. The Balaban J connectivity index is 2.31. The van der Waals surface area contributed by atoms with E-state index in [1.54, 1.807) is 12.1 Å². The fourth-order valence-corrected chi connectivity index (χ4v) is 2.64. The standard InChI is InChI=1S/C13H15ClN2O3S/c1-18-13(17)11-7-19-5-4-16(11)8-2-3-9(12(15)20)10(14)6-8/h2-3,6,11H,4-5,7H2,1H3,(H2,15,20). The molecule has 1 aromatic rings. The predicted octanol–water partition coefficient (Wildman–Crippen LogP) is 1.35. The van der Waals surface area contributed by atoms with Gasteiger partial charge in [-0.3, -0.25) is 0 Å². The monoisotopic (exact) mass is 314 g/mol. The van der Waals surface area contributed by atoms with E-state index >= 15 is 0 Å². The third kappa shape index (κ3) is 3.03. The molecule has 0 aliphatic carbocycles. The number of halogens is 1. The molecule has 1 unspecified atom stereocenters. The van der Waals surface area contributed by atoms with Gasteiger partial charge in [0.15, 0.2) is 6.04 Å². The van der Waals surface area contributed by atoms with Gasteiger partial charge in [-0.15, -0.1) is 0 Å². The summed E-state index contributed by atoms with van der Waals surface area (Å²) in [6.07, 6.45) is 0. The van der Waals surface area contributed by atoms with Crippen LogP contribution >= 0.6 is 23.8 Å². The van der Waals surface area contributed by atoms with Crippen LogP contribution in [0.5, 0.6) is 0 Å². The van der Waals surface area contributed by atoms with Crippen molar-refractivity contribution in [2.75, 3.05) is 31.8 Å². The lowest BCUT2D eigenvalue weighted by Gasteiger charge is -2.35. The van der Waals surface area contributed by atoms with Crippen LogP contribution in [0.3, 0.4) is 0 Å². The number of benzene rings is 1. The molecule has 0 amide bonds. The number of hydrogen-bond acceptors (Lipinski definition) is 5. The van der Waals surface area contributed by atoms with E-state index in [1.165, 1.54) is 7.11 Å². The number of carbonyl (C=O) groups excluding carboxylic acids is 1. The third-order valence-electron chi connectivity index (χ3n) is 3.15. The van der Waals surface area contributed by atoms with E-state index in [9.17, 15) is 4.79 Å². The summed E-state index contributed by atoms with van der Waals surface area (Å²) in [5.74, 6) is -0.334. The Hall–Kier alpha value is -1.37. The fraction of sp³-hybridized carbons (Fsp3) is 0.385. The Bertz CT molecular complexity index is 538. The van der Waals surface area contributed by atoms with Gasteiger partial charge in [-0.05, 0) is 18.2 Å². The van der Waals surface area contributed by atoms with E-state index in [0.29, 0.717) is 30.3 Å². The fourth-order valence-electron chi connectivity index (χ4n) is 2.13. The predicted molar refractivity (Wildman–Crippen MR) is 81.3 cm³/mol. The van der Waals surface area contributed by atoms with Crippen molar-refractivity contribution in [3.05, 3.63) is 28.8 Å². The van der Waals surface area contributed by atoms with Crippen molar-refractivity contribution in [1.82, 2.24) is 0 Å². The number of anilines is 1. The molecule has 1 saturated heterocycles. The molecule has 20 heavy (non-hydrogen) atoms. The minimum absolute atomic E-state index is 0.244. The first-order chi connectivity index (χ1) is 9.54. The van der Waals surface area contributed by atoms with Gasteiger partial charge in [0.1, 0.15) is 4.99 Å². The van der Waals surface area contributed by atoms with E-state index in [0.717, 1.165) is 5.69 Å². The smallest absolute Gasteiger partial charge is 0.330 e. The number of nitrogens with two attached hydrogens (primary N) is 1. The number of rotatable bonds is 3. The molecular weight excluding hydrogens is 300 g/mol. The highest BCUT2D eigenvalue weighted by molar-refractivity contribution is 7.80. The van der Waals surface area contributed by atoms with Crippen molar-refractivity contribution in [1.29, 1.82) is 0 Å². The van der Waals surface area contributed by atoms with E-state index in [1.807, 2.05) is 11.0 Å². The molecule has 2 rings (SSSR count). The number of hydrogen-bond donors (Lipinski definition) is 1. The molecule has 1 heterocycles. The van der Waals surface area contributed by atoms with E-state index in [2.05, 4.69) is 0 Å². The van der Waals surface area contributed by atoms with Gasteiger partial charge in [-0.25, -0.2) is 4.79 Å². The molecule has 1 aliphatic heterocycles. The molecule has 7 heteroatoms. The zero-order valence-corrected chi connectivity index (χ0v) is 12.5. The second-order valence-electron chi connectivity index (χ2n) is 4.34. The van der Waals surface area contributed by atoms with E-state index < -0.39 is 6.04 Å². The normalized spacial score (nSPS) is 18.7. The first-order valence-electron chi connectivity index (χ1n) is 6.06.